The van der Waals surface area contributed by atoms with Gasteiger partial charge in [-0.3, -0.25) is 9.69 Å². The van der Waals surface area contributed by atoms with E-state index in [-0.39, 0.29) is 5.97 Å². The lowest BCUT2D eigenvalue weighted by atomic mass is 9.94. The van der Waals surface area contributed by atoms with Crippen LogP contribution in [-0.4, -0.2) is 55.9 Å². The summed E-state index contributed by atoms with van der Waals surface area (Å²) < 4.78 is 41.8. The number of carbonyl (C=O) groups is 1. The molecule has 0 aromatic heterocycles. The van der Waals surface area contributed by atoms with Crippen molar-refractivity contribution in [1.82, 2.24) is 10.2 Å². The molecule has 1 atom stereocenters. The molecule has 1 N–H and O–H groups in total. The van der Waals surface area contributed by atoms with Crippen molar-refractivity contribution in [2.45, 2.75) is 51.7 Å². The average Bonchev–Trinajstić information content (AvgIpc) is 2.40. The van der Waals surface area contributed by atoms with Crippen LogP contribution in [0.4, 0.5) is 13.2 Å². The quantitative estimate of drug-likeness (QED) is 0.497. The van der Waals surface area contributed by atoms with Gasteiger partial charge in [-0.15, -0.1) is 0 Å². The van der Waals surface area contributed by atoms with Crippen molar-refractivity contribution in [3.63, 3.8) is 0 Å². The van der Waals surface area contributed by atoms with Gasteiger partial charge in [0.25, 0.3) is 0 Å². The molecule has 0 heterocycles. The minimum Gasteiger partial charge on any atom is -0.468 e. The van der Waals surface area contributed by atoms with Gasteiger partial charge in [0.1, 0.15) is 5.54 Å². The summed E-state index contributed by atoms with van der Waals surface area (Å²) in [6, 6.07) is 0. The summed E-state index contributed by atoms with van der Waals surface area (Å²) in [7, 11) is 1.33. The van der Waals surface area contributed by atoms with E-state index in [1.54, 1.807) is 13.8 Å². The smallest absolute Gasteiger partial charge is 0.401 e. The van der Waals surface area contributed by atoms with Crippen LogP contribution < -0.4 is 5.32 Å². The second-order valence-electron chi connectivity index (χ2n) is 5.30. The molecule has 0 bridgehead atoms. The van der Waals surface area contributed by atoms with Crippen molar-refractivity contribution in [3.8, 4) is 0 Å². The molecule has 0 spiro atoms. The van der Waals surface area contributed by atoms with Gasteiger partial charge >= 0.3 is 12.1 Å². The standard InChI is InChI=1S/C14H27F3N2O2/c1-5-18-13(3,12(20)21-4)9-7-8-10-19(6-2)11-14(15,16)17/h18H,5-11H2,1-4H3. The van der Waals surface area contributed by atoms with Crippen molar-refractivity contribution in [1.29, 1.82) is 0 Å². The Hall–Kier alpha value is -0.820. The molecule has 0 aliphatic rings. The van der Waals surface area contributed by atoms with Crippen LogP contribution in [-0.2, 0) is 9.53 Å². The number of methoxy groups -OCH3 is 1. The van der Waals surface area contributed by atoms with Gasteiger partial charge in [0, 0.05) is 0 Å². The molecule has 21 heavy (non-hydrogen) atoms. The molecule has 0 fully saturated rings. The second kappa shape index (κ2) is 9.25. The molecule has 7 heteroatoms. The zero-order valence-corrected chi connectivity index (χ0v) is 13.3. The molecule has 0 rings (SSSR count). The van der Waals surface area contributed by atoms with Gasteiger partial charge in [0.15, 0.2) is 0 Å². The maximum absolute atomic E-state index is 12.3. The number of rotatable bonds is 10. The molecule has 0 saturated heterocycles. The third-order valence-electron chi connectivity index (χ3n) is 3.45. The molecular formula is C14H27F3N2O2. The number of nitrogens with one attached hydrogen (secondary N) is 1. The molecule has 0 amide bonds. The Morgan fingerprint density at radius 3 is 2.29 bits per heavy atom. The number of esters is 1. The van der Waals surface area contributed by atoms with E-state index < -0.39 is 18.3 Å². The molecule has 0 aromatic rings. The van der Waals surface area contributed by atoms with Gasteiger partial charge in [-0.2, -0.15) is 13.2 Å². The van der Waals surface area contributed by atoms with Gasteiger partial charge in [-0.05, 0) is 45.8 Å². The highest BCUT2D eigenvalue weighted by Crippen LogP contribution is 2.18. The van der Waals surface area contributed by atoms with Crippen LogP contribution in [0.15, 0.2) is 0 Å². The van der Waals surface area contributed by atoms with Crippen molar-refractivity contribution in [2.24, 2.45) is 0 Å². The fraction of sp³-hybridized carbons (Fsp3) is 0.929. The van der Waals surface area contributed by atoms with Gasteiger partial charge in [-0.25, -0.2) is 0 Å². The highest BCUT2D eigenvalue weighted by molar-refractivity contribution is 5.80. The molecule has 4 nitrogen and oxygen atoms in total. The number of likely N-dealkylation sites (N-methyl/N-ethyl adjacent to an activating group) is 1. The second-order valence-corrected chi connectivity index (χ2v) is 5.30. The summed E-state index contributed by atoms with van der Waals surface area (Å²) >= 11 is 0. The highest BCUT2D eigenvalue weighted by atomic mass is 19.4. The SMILES string of the molecule is CCNC(C)(CCCCN(CC)CC(F)(F)F)C(=O)OC. The number of halogens is 3. The molecule has 1 unspecified atom stereocenters. The fourth-order valence-corrected chi connectivity index (χ4v) is 2.29. The lowest BCUT2D eigenvalue weighted by Gasteiger charge is -2.28. The number of carbonyl (C=O) groups excluding carboxylic acids is 1. The van der Waals surface area contributed by atoms with E-state index in [0.717, 1.165) is 0 Å². The predicted octanol–water partition coefficient (Wildman–Crippen LogP) is 2.58. The number of unbranched alkanes of at least 4 members (excludes halogenated alkanes) is 1. The Balaban J connectivity index is 4.23. The number of hydrogen-bond acceptors (Lipinski definition) is 4. The Kier molecular flexibility index (Phi) is 8.89. The monoisotopic (exact) mass is 312 g/mol. The first-order chi connectivity index (χ1) is 9.68. The number of ether oxygens (including phenoxy) is 1. The molecule has 0 aliphatic heterocycles. The van der Waals surface area contributed by atoms with Crippen molar-refractivity contribution < 1.29 is 22.7 Å². The lowest BCUT2D eigenvalue weighted by molar-refractivity contribution is -0.148. The van der Waals surface area contributed by atoms with Gasteiger partial charge < -0.3 is 10.1 Å². The maximum atomic E-state index is 12.3. The summed E-state index contributed by atoms with van der Waals surface area (Å²) in [5, 5.41) is 3.08. The molecule has 0 radical (unpaired) electrons. The summed E-state index contributed by atoms with van der Waals surface area (Å²) in [5.41, 5.74) is -0.773. The van der Waals surface area contributed by atoms with Gasteiger partial charge in [-0.1, -0.05) is 13.8 Å². The van der Waals surface area contributed by atoms with Crippen molar-refractivity contribution in [2.75, 3.05) is 33.3 Å². The Labute approximate surface area is 125 Å². The van der Waals surface area contributed by atoms with Crippen LogP contribution in [0.3, 0.4) is 0 Å². The fourth-order valence-electron chi connectivity index (χ4n) is 2.29. The zero-order valence-electron chi connectivity index (χ0n) is 13.3. The Bertz CT molecular complexity index is 311. The summed E-state index contributed by atoms with van der Waals surface area (Å²) in [4.78, 5) is 13.1. The summed E-state index contributed by atoms with van der Waals surface area (Å²) in [6.07, 6.45) is -2.35. The number of alkyl halides is 3. The van der Waals surface area contributed by atoms with E-state index in [4.69, 9.17) is 4.74 Å². The van der Waals surface area contributed by atoms with Crippen LogP contribution in [0.25, 0.3) is 0 Å². The molecular weight excluding hydrogens is 285 g/mol. The predicted molar refractivity (Wildman–Crippen MR) is 76.1 cm³/mol. The summed E-state index contributed by atoms with van der Waals surface area (Å²) in [6.45, 7) is 5.84. The summed E-state index contributed by atoms with van der Waals surface area (Å²) in [5.74, 6) is -0.341. The topological polar surface area (TPSA) is 41.6 Å². The van der Waals surface area contributed by atoms with Crippen LogP contribution >= 0.6 is 0 Å². The normalized spacial score (nSPS) is 15.0. The van der Waals surface area contributed by atoms with Crippen LogP contribution in [0.5, 0.6) is 0 Å². The molecule has 0 aromatic carbocycles. The number of nitrogens with zero attached hydrogens (tertiary/aromatic N) is 1. The van der Waals surface area contributed by atoms with E-state index in [9.17, 15) is 18.0 Å². The third-order valence-corrected chi connectivity index (χ3v) is 3.45. The minimum atomic E-state index is -4.17. The van der Waals surface area contributed by atoms with Crippen LogP contribution in [0.1, 0.15) is 40.0 Å². The van der Waals surface area contributed by atoms with Crippen molar-refractivity contribution in [3.05, 3.63) is 0 Å². The van der Waals surface area contributed by atoms with Crippen LogP contribution in [0, 0.1) is 0 Å². The lowest BCUT2D eigenvalue weighted by Crippen LogP contribution is -2.50. The first-order valence-corrected chi connectivity index (χ1v) is 7.31. The first-order valence-electron chi connectivity index (χ1n) is 7.31. The van der Waals surface area contributed by atoms with Crippen molar-refractivity contribution >= 4 is 5.97 Å². The van der Waals surface area contributed by atoms with Gasteiger partial charge in [0.2, 0.25) is 0 Å². The van der Waals surface area contributed by atoms with E-state index in [1.165, 1.54) is 12.0 Å². The minimum absolute atomic E-state index is 0.341. The molecule has 0 saturated carbocycles. The third kappa shape index (κ3) is 8.26. The molecule has 126 valence electrons. The van der Waals surface area contributed by atoms with E-state index in [0.29, 0.717) is 38.9 Å². The molecule has 0 aliphatic carbocycles. The number of hydrogen-bond donors (Lipinski definition) is 1. The highest BCUT2D eigenvalue weighted by Gasteiger charge is 2.33. The van der Waals surface area contributed by atoms with Gasteiger partial charge in [0.05, 0.1) is 13.7 Å². The Morgan fingerprint density at radius 2 is 1.86 bits per heavy atom. The first kappa shape index (κ1) is 20.2. The Morgan fingerprint density at radius 1 is 1.24 bits per heavy atom. The van der Waals surface area contributed by atoms with E-state index in [1.807, 2.05) is 6.92 Å². The van der Waals surface area contributed by atoms with Crippen LogP contribution in [0.2, 0.25) is 0 Å². The van der Waals surface area contributed by atoms with E-state index >= 15 is 0 Å². The largest absolute Gasteiger partial charge is 0.468 e. The maximum Gasteiger partial charge on any atom is 0.401 e. The van der Waals surface area contributed by atoms with E-state index in [2.05, 4.69) is 5.32 Å². The average molecular weight is 312 g/mol. The zero-order chi connectivity index (χ0) is 16.5.